The van der Waals surface area contributed by atoms with Gasteiger partial charge in [-0.05, 0) is 51.1 Å². The molecule has 0 saturated heterocycles. The summed E-state index contributed by atoms with van der Waals surface area (Å²) in [6.07, 6.45) is 1.95. The van der Waals surface area contributed by atoms with E-state index in [0.29, 0.717) is 0 Å². The highest BCUT2D eigenvalue weighted by Gasteiger charge is 2.22. The Morgan fingerprint density at radius 2 is 1.41 bits per heavy atom. The molecule has 0 radical (unpaired) electrons. The third-order valence-corrected chi connectivity index (χ3v) is 7.17. The SMILES string of the molecule is Cc1c(-c2c3sc4c5ccccc5ccc4c3nc[n+]2C)ccc2ccccc12. The van der Waals surface area contributed by atoms with Crippen LogP contribution in [0.25, 0.3) is 53.1 Å². The smallest absolute Gasteiger partial charge is 0.231 e. The van der Waals surface area contributed by atoms with E-state index >= 15 is 0 Å². The first-order valence-electron chi connectivity index (χ1n) is 9.80. The van der Waals surface area contributed by atoms with Crippen LogP contribution in [0, 0.1) is 6.92 Å². The van der Waals surface area contributed by atoms with Crippen molar-refractivity contribution in [3.05, 3.63) is 84.7 Å². The standard InChI is InChI=1S/C26H19N2S/c1-16-19-9-5-3-7-17(19)11-13-20(16)24-26-23(27-15-28(24)2)22-14-12-18-8-4-6-10-21(18)25(22)29-26/h3-15H,1-2H3/q+1. The van der Waals surface area contributed by atoms with Crippen LogP contribution in [0.3, 0.4) is 0 Å². The lowest BCUT2D eigenvalue weighted by Crippen LogP contribution is -2.31. The molecule has 0 saturated carbocycles. The molecule has 2 aromatic heterocycles. The molecule has 2 nitrogen and oxygen atoms in total. The van der Waals surface area contributed by atoms with Gasteiger partial charge in [0.2, 0.25) is 5.52 Å². The molecule has 0 N–H and O–H groups in total. The zero-order valence-corrected chi connectivity index (χ0v) is 17.1. The van der Waals surface area contributed by atoms with Gasteiger partial charge in [-0.15, -0.1) is 11.3 Å². The first-order valence-corrected chi connectivity index (χ1v) is 10.6. The number of rotatable bonds is 1. The van der Waals surface area contributed by atoms with Crippen LogP contribution in [0.2, 0.25) is 0 Å². The van der Waals surface area contributed by atoms with E-state index in [-0.39, 0.29) is 0 Å². The summed E-state index contributed by atoms with van der Waals surface area (Å²) in [6, 6.07) is 26.1. The minimum Gasteiger partial charge on any atom is -0.231 e. The van der Waals surface area contributed by atoms with E-state index in [4.69, 9.17) is 4.98 Å². The van der Waals surface area contributed by atoms with Crippen molar-refractivity contribution in [2.24, 2.45) is 7.05 Å². The highest BCUT2D eigenvalue weighted by atomic mass is 32.1. The van der Waals surface area contributed by atoms with E-state index in [0.717, 1.165) is 5.52 Å². The van der Waals surface area contributed by atoms with Crippen molar-refractivity contribution in [2.45, 2.75) is 6.92 Å². The van der Waals surface area contributed by atoms with E-state index < -0.39 is 0 Å². The maximum atomic E-state index is 4.83. The van der Waals surface area contributed by atoms with Gasteiger partial charge in [-0.3, -0.25) is 0 Å². The maximum absolute atomic E-state index is 4.83. The van der Waals surface area contributed by atoms with E-state index in [1.165, 1.54) is 53.2 Å². The second-order valence-corrected chi connectivity index (χ2v) is 8.63. The van der Waals surface area contributed by atoms with Crippen LogP contribution >= 0.6 is 11.3 Å². The molecule has 0 aliphatic rings. The van der Waals surface area contributed by atoms with Crippen molar-refractivity contribution in [3.63, 3.8) is 0 Å². The zero-order valence-electron chi connectivity index (χ0n) is 16.3. The summed E-state index contributed by atoms with van der Waals surface area (Å²) in [6.45, 7) is 2.23. The molecule has 3 heteroatoms. The van der Waals surface area contributed by atoms with Crippen molar-refractivity contribution in [1.29, 1.82) is 0 Å². The predicted molar refractivity (Wildman–Crippen MR) is 123 cm³/mol. The Morgan fingerprint density at radius 3 is 2.24 bits per heavy atom. The molecule has 0 atom stereocenters. The third-order valence-electron chi connectivity index (χ3n) is 5.94. The highest BCUT2D eigenvalue weighted by molar-refractivity contribution is 7.27. The van der Waals surface area contributed by atoms with Gasteiger partial charge >= 0.3 is 0 Å². The average molecular weight is 392 g/mol. The number of hydrogen-bond donors (Lipinski definition) is 0. The predicted octanol–water partition coefficient (Wildman–Crippen LogP) is 6.56. The fraction of sp³-hybridized carbons (Fsp3) is 0.0769. The van der Waals surface area contributed by atoms with Crippen LogP contribution in [0.1, 0.15) is 5.56 Å². The fourth-order valence-corrected chi connectivity index (χ4v) is 5.84. The molecule has 0 fully saturated rings. The van der Waals surface area contributed by atoms with Crippen molar-refractivity contribution >= 4 is 53.2 Å². The Morgan fingerprint density at radius 1 is 0.724 bits per heavy atom. The number of aromatic nitrogens is 2. The zero-order chi connectivity index (χ0) is 19.5. The third kappa shape index (κ3) is 2.34. The van der Waals surface area contributed by atoms with Gasteiger partial charge in [0, 0.05) is 15.6 Å². The van der Waals surface area contributed by atoms with E-state index in [1.54, 1.807) is 0 Å². The highest BCUT2D eigenvalue weighted by Crippen LogP contribution is 2.41. The lowest BCUT2D eigenvalue weighted by molar-refractivity contribution is -0.662. The van der Waals surface area contributed by atoms with Crippen LogP contribution in [0.4, 0.5) is 0 Å². The van der Waals surface area contributed by atoms with Crippen LogP contribution in [0.15, 0.2) is 79.1 Å². The monoisotopic (exact) mass is 391 g/mol. The van der Waals surface area contributed by atoms with E-state index in [9.17, 15) is 0 Å². The minimum atomic E-state index is 1.09. The molecule has 2 heterocycles. The maximum Gasteiger partial charge on any atom is 0.287 e. The summed E-state index contributed by atoms with van der Waals surface area (Å²) >= 11 is 1.86. The Balaban J connectivity index is 1.76. The van der Waals surface area contributed by atoms with Gasteiger partial charge in [-0.1, -0.05) is 60.7 Å². The summed E-state index contributed by atoms with van der Waals surface area (Å²) in [5, 5.41) is 6.41. The molecule has 0 aliphatic carbocycles. The minimum absolute atomic E-state index is 1.09. The van der Waals surface area contributed by atoms with Gasteiger partial charge in [-0.2, -0.15) is 0 Å². The molecule has 6 rings (SSSR count). The number of thiophene rings is 1. The Bertz CT molecular complexity index is 1580. The molecule has 0 amide bonds. The van der Waals surface area contributed by atoms with Gasteiger partial charge in [0.15, 0.2) is 5.69 Å². The fourth-order valence-electron chi connectivity index (χ4n) is 4.46. The first-order chi connectivity index (χ1) is 14.2. The Kier molecular flexibility index (Phi) is 3.50. The van der Waals surface area contributed by atoms with Gasteiger partial charge in [-0.25, -0.2) is 4.57 Å². The molecule has 4 aromatic carbocycles. The van der Waals surface area contributed by atoms with Gasteiger partial charge in [0.1, 0.15) is 4.70 Å². The molecule has 29 heavy (non-hydrogen) atoms. The molecule has 138 valence electrons. The summed E-state index contributed by atoms with van der Waals surface area (Å²) in [5.74, 6) is 0. The van der Waals surface area contributed by atoms with Crippen LogP contribution in [-0.2, 0) is 7.05 Å². The summed E-state index contributed by atoms with van der Waals surface area (Å²) in [7, 11) is 2.10. The lowest BCUT2D eigenvalue weighted by atomic mass is 9.97. The molecular formula is C26H19N2S+. The molecule has 0 spiro atoms. The second-order valence-electron chi connectivity index (χ2n) is 7.61. The normalized spacial score (nSPS) is 11.8. The van der Waals surface area contributed by atoms with Crippen LogP contribution < -0.4 is 4.57 Å². The molecule has 0 unspecified atom stereocenters. The number of benzene rings is 4. The molecular weight excluding hydrogens is 372 g/mol. The summed E-state index contributed by atoms with van der Waals surface area (Å²) in [4.78, 5) is 4.83. The molecule has 0 bridgehead atoms. The van der Waals surface area contributed by atoms with Crippen molar-refractivity contribution in [3.8, 4) is 11.3 Å². The van der Waals surface area contributed by atoms with Gasteiger partial charge in [0.25, 0.3) is 6.33 Å². The average Bonchev–Trinajstić information content (AvgIpc) is 3.14. The topological polar surface area (TPSA) is 16.8 Å². The Labute approximate surface area is 172 Å². The molecule has 6 aromatic rings. The largest absolute Gasteiger partial charge is 0.287 e. The number of aryl methyl sites for hydroxylation is 2. The quantitative estimate of drug-likeness (QED) is 0.290. The lowest BCUT2D eigenvalue weighted by Gasteiger charge is -2.10. The van der Waals surface area contributed by atoms with E-state index in [2.05, 4.69) is 91.3 Å². The van der Waals surface area contributed by atoms with Gasteiger partial charge < -0.3 is 0 Å². The Hall–Kier alpha value is -3.30. The van der Waals surface area contributed by atoms with Crippen molar-refractivity contribution in [1.82, 2.24) is 4.98 Å². The van der Waals surface area contributed by atoms with Crippen LogP contribution in [-0.4, -0.2) is 4.98 Å². The first kappa shape index (κ1) is 16.6. The number of hydrogen-bond acceptors (Lipinski definition) is 2. The van der Waals surface area contributed by atoms with Crippen molar-refractivity contribution < 1.29 is 4.57 Å². The van der Waals surface area contributed by atoms with Crippen molar-refractivity contribution in [2.75, 3.05) is 0 Å². The number of nitrogens with zero attached hydrogens (tertiary/aromatic N) is 2. The molecule has 0 aliphatic heterocycles. The number of fused-ring (bicyclic) bond motifs is 6. The van der Waals surface area contributed by atoms with Gasteiger partial charge in [0.05, 0.1) is 7.05 Å². The summed E-state index contributed by atoms with van der Waals surface area (Å²) in [5.41, 5.74) is 4.92. The second kappa shape index (κ2) is 6.10. The summed E-state index contributed by atoms with van der Waals surface area (Å²) < 4.78 is 4.73. The van der Waals surface area contributed by atoms with E-state index in [1.807, 2.05) is 17.7 Å². The van der Waals surface area contributed by atoms with Crippen LogP contribution in [0.5, 0.6) is 0 Å².